The van der Waals surface area contributed by atoms with E-state index in [9.17, 15) is 40.9 Å². The molecule has 1 fully saturated rings. The Kier molecular flexibility index (Phi) is 6.73. The van der Waals surface area contributed by atoms with Crippen LogP contribution in [-0.2, 0) is 9.47 Å². The minimum Gasteiger partial charge on any atom is -0.394 e. The van der Waals surface area contributed by atoms with Gasteiger partial charge in [0.25, 0.3) is 0 Å². The van der Waals surface area contributed by atoms with Gasteiger partial charge in [0.1, 0.15) is 35.6 Å². The van der Waals surface area contributed by atoms with Gasteiger partial charge in [-0.05, 0) is 38.5 Å². The van der Waals surface area contributed by atoms with Gasteiger partial charge < -0.3 is 50.3 Å². The Labute approximate surface area is 162 Å². The van der Waals surface area contributed by atoms with Gasteiger partial charge in [-0.2, -0.15) is 0 Å². The molecule has 0 amide bonds. The fraction of sp³-hybridized carbons (Fsp3) is 0.778. The third-order valence-electron chi connectivity index (χ3n) is 5.25. The van der Waals surface area contributed by atoms with Gasteiger partial charge >= 0.3 is 0 Å². The molecule has 1 saturated heterocycles. The van der Waals surface area contributed by atoms with Crippen molar-refractivity contribution in [3.8, 4) is 0 Å². The molecule has 10 nitrogen and oxygen atoms in total. The molecule has 2 aliphatic rings. The normalized spacial score (nSPS) is 48.5. The molecule has 1 heterocycles. The van der Waals surface area contributed by atoms with Crippen LogP contribution >= 0.6 is 0 Å². The summed E-state index contributed by atoms with van der Waals surface area (Å²) < 4.78 is 10.6. The van der Waals surface area contributed by atoms with Crippen LogP contribution in [0.25, 0.3) is 0 Å². The van der Waals surface area contributed by atoms with Gasteiger partial charge in [0.2, 0.25) is 0 Å². The van der Waals surface area contributed by atoms with E-state index < -0.39 is 66.8 Å². The van der Waals surface area contributed by atoms with Crippen molar-refractivity contribution in [3.63, 3.8) is 0 Å². The third kappa shape index (κ3) is 4.31. The highest BCUT2D eigenvalue weighted by Gasteiger charge is 2.56. The fourth-order valence-electron chi connectivity index (χ4n) is 3.58. The monoisotopic (exact) mass is 406 g/mol. The summed E-state index contributed by atoms with van der Waals surface area (Å²) in [5, 5.41) is 80.9. The molecule has 0 aromatic carbocycles. The molecular weight excluding hydrogens is 376 g/mol. The van der Waals surface area contributed by atoms with Gasteiger partial charge in [0.15, 0.2) is 12.1 Å². The smallest absolute Gasteiger partial charge is 0.191 e. The number of rotatable bonds is 5. The Morgan fingerprint density at radius 3 is 2.32 bits per heavy atom. The minimum absolute atomic E-state index is 0.104. The van der Waals surface area contributed by atoms with Gasteiger partial charge in [-0.1, -0.05) is 6.08 Å². The van der Waals surface area contributed by atoms with Gasteiger partial charge in [0, 0.05) is 6.42 Å². The maximum atomic E-state index is 10.9. The number of hydrogen-bond donors (Lipinski definition) is 8. The second kappa shape index (κ2) is 8.07. The third-order valence-corrected chi connectivity index (χ3v) is 5.25. The molecule has 162 valence electrons. The van der Waals surface area contributed by atoms with Crippen LogP contribution in [0.5, 0.6) is 0 Å². The molecule has 0 aromatic rings. The highest BCUT2D eigenvalue weighted by molar-refractivity contribution is 5.35. The summed E-state index contributed by atoms with van der Waals surface area (Å²) in [5.41, 5.74) is -3.75. The van der Waals surface area contributed by atoms with Gasteiger partial charge in [-0.3, -0.25) is 0 Å². The van der Waals surface area contributed by atoms with Crippen molar-refractivity contribution in [2.75, 3.05) is 6.61 Å². The van der Waals surface area contributed by atoms with Crippen LogP contribution < -0.4 is 0 Å². The van der Waals surface area contributed by atoms with Crippen LogP contribution in [0.15, 0.2) is 23.8 Å². The zero-order valence-electron chi connectivity index (χ0n) is 16.0. The average Bonchev–Trinajstić information content (AvgIpc) is 2.58. The Morgan fingerprint density at radius 2 is 1.82 bits per heavy atom. The van der Waals surface area contributed by atoms with Crippen molar-refractivity contribution in [1.82, 2.24) is 0 Å². The summed E-state index contributed by atoms with van der Waals surface area (Å²) in [6, 6.07) is 0. The maximum absolute atomic E-state index is 10.9. The topological polar surface area (TPSA) is 180 Å². The van der Waals surface area contributed by atoms with E-state index in [1.54, 1.807) is 0 Å². The van der Waals surface area contributed by atoms with Crippen LogP contribution in [0.1, 0.15) is 27.2 Å². The summed E-state index contributed by atoms with van der Waals surface area (Å²) in [7, 11) is 0. The fourth-order valence-corrected chi connectivity index (χ4v) is 3.58. The van der Waals surface area contributed by atoms with Crippen molar-refractivity contribution in [3.05, 3.63) is 23.8 Å². The highest BCUT2D eigenvalue weighted by Crippen LogP contribution is 2.44. The molecule has 10 heteroatoms. The van der Waals surface area contributed by atoms with Gasteiger partial charge in [-0.25, -0.2) is 0 Å². The predicted octanol–water partition coefficient (Wildman–Crippen LogP) is -2.74. The molecular formula is C18H30O10. The second-order valence-corrected chi connectivity index (χ2v) is 7.80. The quantitative estimate of drug-likeness (QED) is 0.176. The van der Waals surface area contributed by atoms with Crippen molar-refractivity contribution in [2.45, 2.75) is 81.0 Å². The molecule has 1 aliphatic heterocycles. The molecule has 1 aliphatic carbocycles. The van der Waals surface area contributed by atoms with Gasteiger partial charge in [0.05, 0.1) is 12.7 Å². The Hall–Kier alpha value is -0.920. The molecule has 8 N–H and O–H groups in total. The maximum Gasteiger partial charge on any atom is 0.191 e. The summed E-state index contributed by atoms with van der Waals surface area (Å²) in [4.78, 5) is 0. The van der Waals surface area contributed by atoms with Crippen LogP contribution in [0.2, 0.25) is 0 Å². The van der Waals surface area contributed by atoms with E-state index in [0.717, 1.165) is 6.08 Å². The van der Waals surface area contributed by atoms with Gasteiger partial charge in [-0.15, -0.1) is 0 Å². The number of hydrogen-bond acceptors (Lipinski definition) is 10. The minimum atomic E-state index is -2.20. The summed E-state index contributed by atoms with van der Waals surface area (Å²) in [6.45, 7) is 3.49. The summed E-state index contributed by atoms with van der Waals surface area (Å²) in [6.07, 6.45) is -5.67. The Morgan fingerprint density at radius 1 is 1.21 bits per heavy atom. The lowest BCUT2D eigenvalue weighted by Crippen LogP contribution is -2.63. The van der Waals surface area contributed by atoms with E-state index in [0.29, 0.717) is 0 Å². The molecule has 0 spiro atoms. The molecule has 28 heavy (non-hydrogen) atoms. The van der Waals surface area contributed by atoms with Crippen molar-refractivity contribution in [2.24, 2.45) is 0 Å². The molecule has 0 bridgehead atoms. The molecule has 0 saturated carbocycles. The number of aliphatic hydroxyl groups excluding tert-OH is 5. The molecule has 9 unspecified atom stereocenters. The van der Waals surface area contributed by atoms with E-state index in [1.165, 1.54) is 32.9 Å². The number of ether oxygens (including phenoxy) is 2. The zero-order valence-corrected chi connectivity index (χ0v) is 16.0. The first-order valence-corrected chi connectivity index (χ1v) is 8.99. The first kappa shape index (κ1) is 23.4. The Balaban J connectivity index is 2.30. The van der Waals surface area contributed by atoms with Crippen LogP contribution in [0.4, 0.5) is 0 Å². The van der Waals surface area contributed by atoms with E-state index in [1.807, 2.05) is 0 Å². The van der Waals surface area contributed by atoms with Crippen LogP contribution in [0, 0.1) is 0 Å². The van der Waals surface area contributed by atoms with E-state index in [2.05, 4.69) is 0 Å². The number of aliphatic hydroxyl groups is 8. The molecule has 0 aromatic heterocycles. The summed E-state index contributed by atoms with van der Waals surface area (Å²) in [5.74, 6) is -2.20. The Bertz CT molecular complexity index is 615. The zero-order chi connectivity index (χ0) is 21.5. The first-order chi connectivity index (χ1) is 12.8. The van der Waals surface area contributed by atoms with Crippen LogP contribution in [0.3, 0.4) is 0 Å². The van der Waals surface area contributed by atoms with E-state index in [-0.39, 0.29) is 5.57 Å². The SMILES string of the molecule is CC1=CC(O)(OC2OC(CO)C(O)C(O)C2O)CC(C)(O)C1(O)C=CC(C)O. The second-order valence-electron chi connectivity index (χ2n) is 7.80. The molecule has 0 radical (unpaired) electrons. The van der Waals surface area contributed by atoms with E-state index >= 15 is 0 Å². The molecule has 2 rings (SSSR count). The summed E-state index contributed by atoms with van der Waals surface area (Å²) >= 11 is 0. The highest BCUT2D eigenvalue weighted by atomic mass is 16.8. The lowest BCUT2D eigenvalue weighted by Gasteiger charge is -2.49. The largest absolute Gasteiger partial charge is 0.394 e. The van der Waals surface area contributed by atoms with Crippen molar-refractivity contribution in [1.29, 1.82) is 0 Å². The standard InChI is InChI=1S/C18H30O10/c1-9-6-17(25,8-16(3,24)18(9,26)5-4-10(2)20)28-15-14(23)13(22)12(21)11(7-19)27-15/h4-6,10-15,19-26H,7-8H2,1-3H3. The lowest BCUT2D eigenvalue weighted by molar-refractivity contribution is -0.360. The van der Waals surface area contributed by atoms with Crippen molar-refractivity contribution >= 4 is 0 Å². The first-order valence-electron chi connectivity index (χ1n) is 8.99. The van der Waals surface area contributed by atoms with E-state index in [4.69, 9.17) is 9.47 Å². The van der Waals surface area contributed by atoms with Crippen molar-refractivity contribution < 1.29 is 50.3 Å². The van der Waals surface area contributed by atoms with Crippen LogP contribution in [-0.4, -0.2) is 101 Å². The average molecular weight is 406 g/mol. The predicted molar refractivity (Wildman–Crippen MR) is 94.6 cm³/mol. The lowest BCUT2D eigenvalue weighted by atomic mass is 9.70. The molecule has 9 atom stereocenters.